The molecule has 1 heterocycles. The molecule has 0 aliphatic heterocycles. The van der Waals surface area contributed by atoms with Gasteiger partial charge >= 0.3 is 11.8 Å². The van der Waals surface area contributed by atoms with Crippen LogP contribution in [0.1, 0.15) is 24.3 Å². The van der Waals surface area contributed by atoms with Crippen molar-refractivity contribution < 1.29 is 14.0 Å². The Balaban J connectivity index is 1.84. The van der Waals surface area contributed by atoms with Crippen molar-refractivity contribution in [2.75, 3.05) is 0 Å². The van der Waals surface area contributed by atoms with Crippen LogP contribution in [0.4, 0.5) is 0 Å². The number of rotatable bonds is 4. The summed E-state index contributed by atoms with van der Waals surface area (Å²) in [7, 11) is 0. The van der Waals surface area contributed by atoms with Crippen molar-refractivity contribution in [3.8, 4) is 0 Å². The molecule has 6 nitrogen and oxygen atoms in total. The maximum absolute atomic E-state index is 11.7. The summed E-state index contributed by atoms with van der Waals surface area (Å²) >= 11 is 0. The van der Waals surface area contributed by atoms with Gasteiger partial charge in [-0.2, -0.15) is 5.10 Å². The minimum atomic E-state index is -0.833. The van der Waals surface area contributed by atoms with E-state index in [1.807, 2.05) is 30.3 Å². The molecule has 2 aromatic rings. The molecule has 0 saturated heterocycles. The van der Waals surface area contributed by atoms with Crippen molar-refractivity contribution in [2.24, 2.45) is 5.10 Å². The molecular weight excluding hydrogens is 270 g/mol. The molecule has 2 N–H and O–H groups in total. The summed E-state index contributed by atoms with van der Waals surface area (Å²) in [6.45, 7) is 1.80. The molecule has 1 aromatic heterocycles. The molecule has 21 heavy (non-hydrogen) atoms. The number of carbonyl (C=O) groups is 2. The predicted octanol–water partition coefficient (Wildman–Crippen LogP) is 1.61. The number of hydrazone groups is 1. The Bertz CT molecular complexity index is 621. The lowest BCUT2D eigenvalue weighted by molar-refractivity contribution is -0.139. The van der Waals surface area contributed by atoms with Crippen molar-refractivity contribution in [3.05, 3.63) is 60.1 Å². The van der Waals surface area contributed by atoms with Crippen molar-refractivity contribution in [1.82, 2.24) is 10.7 Å². The highest BCUT2D eigenvalue weighted by atomic mass is 16.3. The Kier molecular flexibility index (Phi) is 4.87. The molecule has 2 amide bonds. The predicted molar refractivity (Wildman–Crippen MR) is 77.4 cm³/mol. The van der Waals surface area contributed by atoms with Crippen LogP contribution in [0.5, 0.6) is 0 Å². The number of hydrogen-bond acceptors (Lipinski definition) is 4. The van der Waals surface area contributed by atoms with Crippen LogP contribution in [0.3, 0.4) is 0 Å². The molecule has 1 unspecified atom stereocenters. The molecule has 0 saturated carbocycles. The van der Waals surface area contributed by atoms with E-state index in [4.69, 9.17) is 4.42 Å². The van der Waals surface area contributed by atoms with Crippen LogP contribution >= 0.6 is 0 Å². The summed E-state index contributed by atoms with van der Waals surface area (Å²) in [6.07, 6.45) is 2.79. The molecular formula is C15H15N3O3. The van der Waals surface area contributed by atoms with Crippen molar-refractivity contribution in [2.45, 2.75) is 13.0 Å². The number of furan rings is 1. The van der Waals surface area contributed by atoms with Gasteiger partial charge in [-0.25, -0.2) is 5.43 Å². The monoisotopic (exact) mass is 285 g/mol. The number of hydrogen-bond donors (Lipinski definition) is 2. The van der Waals surface area contributed by atoms with Gasteiger partial charge in [-0.05, 0) is 24.6 Å². The molecule has 0 bridgehead atoms. The highest BCUT2D eigenvalue weighted by Crippen LogP contribution is 2.10. The van der Waals surface area contributed by atoms with Gasteiger partial charge in [0.05, 0.1) is 18.5 Å². The molecule has 0 aliphatic carbocycles. The SMILES string of the molecule is CC(NC(=O)C(=O)N/N=C/c1ccco1)c1ccccc1. The lowest BCUT2D eigenvalue weighted by atomic mass is 10.1. The second-order valence-electron chi connectivity index (χ2n) is 4.32. The molecule has 108 valence electrons. The number of nitrogens with one attached hydrogen (secondary N) is 2. The lowest BCUT2D eigenvalue weighted by Gasteiger charge is -2.13. The van der Waals surface area contributed by atoms with Crippen LogP contribution in [0.2, 0.25) is 0 Å². The zero-order valence-corrected chi connectivity index (χ0v) is 11.4. The van der Waals surface area contributed by atoms with Gasteiger partial charge in [0.15, 0.2) is 0 Å². The van der Waals surface area contributed by atoms with Crippen molar-refractivity contribution in [3.63, 3.8) is 0 Å². The van der Waals surface area contributed by atoms with E-state index in [0.717, 1.165) is 5.56 Å². The Morgan fingerprint density at radius 3 is 2.57 bits per heavy atom. The number of carbonyl (C=O) groups excluding carboxylic acids is 2. The van der Waals surface area contributed by atoms with E-state index in [1.54, 1.807) is 19.1 Å². The van der Waals surface area contributed by atoms with E-state index in [1.165, 1.54) is 12.5 Å². The van der Waals surface area contributed by atoms with Crippen LogP contribution in [0.15, 0.2) is 58.2 Å². The first-order chi connectivity index (χ1) is 10.2. The second-order valence-corrected chi connectivity index (χ2v) is 4.32. The summed E-state index contributed by atoms with van der Waals surface area (Å²) < 4.78 is 5.00. The molecule has 1 atom stereocenters. The van der Waals surface area contributed by atoms with E-state index in [2.05, 4.69) is 15.8 Å². The number of amides is 2. The molecule has 0 fully saturated rings. The smallest absolute Gasteiger partial charge is 0.329 e. The van der Waals surface area contributed by atoms with E-state index in [9.17, 15) is 9.59 Å². The van der Waals surface area contributed by atoms with E-state index < -0.39 is 11.8 Å². The first kappa shape index (κ1) is 14.5. The van der Waals surface area contributed by atoms with Crippen LogP contribution in [0, 0.1) is 0 Å². The molecule has 0 aliphatic rings. The average molecular weight is 285 g/mol. The Morgan fingerprint density at radius 2 is 1.90 bits per heavy atom. The Labute approximate surface area is 121 Å². The van der Waals surface area contributed by atoms with Crippen LogP contribution < -0.4 is 10.7 Å². The van der Waals surface area contributed by atoms with E-state index in [-0.39, 0.29) is 6.04 Å². The zero-order chi connectivity index (χ0) is 15.1. The maximum Gasteiger partial charge on any atom is 0.329 e. The highest BCUT2D eigenvalue weighted by molar-refractivity contribution is 6.35. The Hall–Kier alpha value is -2.89. The highest BCUT2D eigenvalue weighted by Gasteiger charge is 2.16. The van der Waals surface area contributed by atoms with E-state index >= 15 is 0 Å². The van der Waals surface area contributed by atoms with Crippen molar-refractivity contribution >= 4 is 18.0 Å². The largest absolute Gasteiger partial charge is 0.463 e. The molecule has 1 aromatic carbocycles. The fourth-order valence-corrected chi connectivity index (χ4v) is 1.66. The second kappa shape index (κ2) is 7.04. The first-order valence-electron chi connectivity index (χ1n) is 6.39. The maximum atomic E-state index is 11.7. The van der Waals surface area contributed by atoms with Gasteiger partial charge in [0, 0.05) is 0 Å². The third kappa shape index (κ3) is 4.31. The van der Waals surface area contributed by atoms with Gasteiger partial charge in [-0.15, -0.1) is 0 Å². The van der Waals surface area contributed by atoms with Gasteiger partial charge in [-0.3, -0.25) is 9.59 Å². The fraction of sp³-hybridized carbons (Fsp3) is 0.133. The summed E-state index contributed by atoms with van der Waals surface area (Å²) in [4.78, 5) is 23.3. The fourth-order valence-electron chi connectivity index (χ4n) is 1.66. The third-order valence-corrected chi connectivity index (χ3v) is 2.75. The van der Waals surface area contributed by atoms with Gasteiger partial charge in [0.1, 0.15) is 5.76 Å². The quantitative estimate of drug-likeness (QED) is 0.508. The minimum Gasteiger partial charge on any atom is -0.463 e. The van der Waals surface area contributed by atoms with Gasteiger partial charge in [0.2, 0.25) is 0 Å². The number of benzene rings is 1. The molecule has 0 radical (unpaired) electrons. The Morgan fingerprint density at radius 1 is 1.14 bits per heavy atom. The molecule has 2 rings (SSSR count). The van der Waals surface area contributed by atoms with Gasteiger partial charge in [-0.1, -0.05) is 30.3 Å². The van der Waals surface area contributed by atoms with Crippen LogP contribution in [0.25, 0.3) is 0 Å². The standard InChI is InChI=1S/C15H15N3O3/c1-11(12-6-3-2-4-7-12)17-14(19)15(20)18-16-10-13-8-5-9-21-13/h2-11H,1H3,(H,17,19)(H,18,20)/b16-10+. The third-order valence-electron chi connectivity index (χ3n) is 2.75. The molecule has 6 heteroatoms. The van der Waals surface area contributed by atoms with E-state index in [0.29, 0.717) is 5.76 Å². The average Bonchev–Trinajstić information content (AvgIpc) is 3.01. The van der Waals surface area contributed by atoms with Crippen molar-refractivity contribution in [1.29, 1.82) is 0 Å². The summed E-state index contributed by atoms with van der Waals surface area (Å²) in [5.74, 6) is -1.10. The summed E-state index contributed by atoms with van der Waals surface area (Å²) in [5.41, 5.74) is 3.05. The molecule has 0 spiro atoms. The summed E-state index contributed by atoms with van der Waals surface area (Å²) in [5, 5.41) is 6.23. The van der Waals surface area contributed by atoms with Gasteiger partial charge in [0.25, 0.3) is 0 Å². The summed E-state index contributed by atoms with van der Waals surface area (Å²) in [6, 6.07) is 12.5. The first-order valence-corrected chi connectivity index (χ1v) is 6.39. The van der Waals surface area contributed by atoms with Crippen LogP contribution in [-0.4, -0.2) is 18.0 Å². The van der Waals surface area contributed by atoms with Crippen LogP contribution in [-0.2, 0) is 9.59 Å². The lowest BCUT2D eigenvalue weighted by Crippen LogP contribution is -2.39. The number of nitrogens with zero attached hydrogens (tertiary/aromatic N) is 1. The minimum absolute atomic E-state index is 0.265. The van der Waals surface area contributed by atoms with Gasteiger partial charge < -0.3 is 9.73 Å². The topological polar surface area (TPSA) is 83.7 Å². The zero-order valence-electron chi connectivity index (χ0n) is 11.4. The normalized spacial score (nSPS) is 12.0.